The Morgan fingerprint density at radius 1 is 0.859 bits per heavy atom. The minimum atomic E-state index is -4.55. The monoisotopic (exact) mass is 1080 g/mol. The number of nitrogens with one attached hydrogen (secondary N) is 5. The zero-order chi connectivity index (χ0) is 55.2. The van der Waals surface area contributed by atoms with Gasteiger partial charge in [0.1, 0.15) is 35.2 Å². The Morgan fingerprint density at radius 2 is 1.63 bits per heavy atom. The van der Waals surface area contributed by atoms with Crippen LogP contribution in [0.2, 0.25) is 0 Å². The molecule has 4 aromatic heterocycles. The number of halogens is 3. The van der Waals surface area contributed by atoms with Crippen molar-refractivity contribution in [2.45, 2.75) is 102 Å². The molecule has 0 saturated carbocycles. The Bertz CT molecular complexity index is 2920. The van der Waals surface area contributed by atoms with Crippen LogP contribution >= 0.6 is 0 Å². The summed E-state index contributed by atoms with van der Waals surface area (Å²) >= 11 is 0. The molecular formula is C56H68F3N13O6. The number of fused-ring (bicyclic) bond motifs is 1. The highest BCUT2D eigenvalue weighted by molar-refractivity contribution is 6.06. The van der Waals surface area contributed by atoms with Crippen molar-refractivity contribution in [3.8, 4) is 11.3 Å². The molecule has 5 aromatic rings. The van der Waals surface area contributed by atoms with Crippen LogP contribution in [0.3, 0.4) is 0 Å². The van der Waals surface area contributed by atoms with Crippen molar-refractivity contribution in [2.75, 3.05) is 68.8 Å². The van der Waals surface area contributed by atoms with Crippen molar-refractivity contribution in [1.82, 2.24) is 50.9 Å². The number of carbonyl (C=O) groups is 6. The van der Waals surface area contributed by atoms with E-state index >= 15 is 0 Å². The number of nitrogens with two attached hydrogens (primary N) is 1. The van der Waals surface area contributed by atoms with Crippen molar-refractivity contribution in [3.05, 3.63) is 95.6 Å². The number of rotatable bonds is 18. The fourth-order valence-corrected chi connectivity index (χ4v) is 10.4. The van der Waals surface area contributed by atoms with E-state index in [1.165, 1.54) is 0 Å². The molecule has 8 heterocycles. The number of aldehydes is 1. The number of hydrogen-bond acceptors (Lipinski definition) is 14. The third-order valence-corrected chi connectivity index (χ3v) is 15.0. The quantitative estimate of drug-likeness (QED) is 0.0300. The molecule has 7 N–H and O–H groups in total. The van der Waals surface area contributed by atoms with E-state index in [0.29, 0.717) is 59.2 Å². The lowest BCUT2D eigenvalue weighted by molar-refractivity contribution is -0.138. The number of aromatic nitrogens is 5. The molecule has 9 rings (SSSR count). The van der Waals surface area contributed by atoms with Crippen molar-refractivity contribution in [2.24, 2.45) is 11.8 Å². The number of hydrogen-bond donors (Lipinski definition) is 6. The van der Waals surface area contributed by atoms with Crippen LogP contribution < -0.4 is 31.9 Å². The van der Waals surface area contributed by atoms with Gasteiger partial charge in [0, 0.05) is 68.1 Å². The van der Waals surface area contributed by atoms with Gasteiger partial charge in [0.2, 0.25) is 17.7 Å². The fraction of sp³-hybridized carbons (Fsp3) is 0.464. The summed E-state index contributed by atoms with van der Waals surface area (Å²) in [5.74, 6) is -0.299. The maximum Gasteiger partial charge on any atom is 0.416 e. The van der Waals surface area contributed by atoms with Crippen molar-refractivity contribution in [3.63, 3.8) is 0 Å². The number of anilines is 3. The second kappa shape index (κ2) is 26.6. The molecule has 0 radical (unpaired) electrons. The number of pyridine rings is 3. The third-order valence-electron chi connectivity index (χ3n) is 15.0. The number of unbranched alkanes of at least 4 members (excludes halogenated alkanes) is 3. The van der Waals surface area contributed by atoms with Crippen molar-refractivity contribution in [1.29, 1.82) is 0 Å². The van der Waals surface area contributed by atoms with Crippen LogP contribution in [0.4, 0.5) is 30.5 Å². The maximum atomic E-state index is 13.0. The molecule has 4 fully saturated rings. The summed E-state index contributed by atoms with van der Waals surface area (Å²) in [6, 6.07) is 11.0. The number of allylic oxidation sites excluding steroid dienone is 1. The molecule has 414 valence electrons. The number of piperidine rings is 3. The minimum absolute atomic E-state index is 0.00526. The zero-order valence-electron chi connectivity index (χ0n) is 43.8. The average Bonchev–Trinajstić information content (AvgIpc) is 4.10. The molecule has 2 atom stereocenters. The second-order valence-electron chi connectivity index (χ2n) is 20.5. The number of aromatic amines is 1. The van der Waals surface area contributed by atoms with Crippen LogP contribution in [-0.4, -0.2) is 136 Å². The third kappa shape index (κ3) is 15.1. The van der Waals surface area contributed by atoms with Crippen LogP contribution in [0.5, 0.6) is 0 Å². The van der Waals surface area contributed by atoms with Gasteiger partial charge in [-0.15, -0.1) is 0 Å². The number of alkyl halides is 3. The smallest absolute Gasteiger partial charge is 0.383 e. The Balaban J connectivity index is 0.000000216. The SMILES string of the molecule is CN1CCCC1C(=O)NCCCCC/C=C/c1cnc(N)c2c(-c3ccc(C(=O)Nc4cc(C(F)(F)F)ccn4)cc3)[nH]nc12.O=CCC1CCN(CC2CCN(c3ccc(C(=O)NC4CCC(=O)NC4=O)nc3)CC2)CC1. The first kappa shape index (κ1) is 56.6. The normalized spacial score (nSPS) is 18.8. The van der Waals surface area contributed by atoms with E-state index < -0.39 is 35.5 Å². The van der Waals surface area contributed by atoms with Crippen molar-refractivity contribution >= 4 is 70.1 Å². The van der Waals surface area contributed by atoms with E-state index in [2.05, 4.69) is 67.2 Å². The molecule has 2 unspecified atom stereocenters. The second-order valence-corrected chi connectivity index (χ2v) is 20.5. The maximum absolute atomic E-state index is 13.0. The largest absolute Gasteiger partial charge is 0.416 e. The van der Waals surface area contributed by atoms with Crippen LogP contribution in [0.1, 0.15) is 115 Å². The van der Waals surface area contributed by atoms with Crippen molar-refractivity contribution < 1.29 is 41.9 Å². The Labute approximate surface area is 450 Å². The standard InChI is InChI=1S/C32H35F3N8O2.C24H33N5O4/c1-43-17-7-9-24(43)31(45)38-15-6-4-2-3-5-8-22-19-39-29(36)26-27(41-42-28(22)26)20-10-12-21(13-11-20)30(44)40-25-18-23(14-16-37-25)32(33,34)35;30-14-9-17-5-10-28(11-6-17)16-18-7-12-29(13-8-18)19-1-2-20(25-15-19)23(32)26-21-3-4-22(31)27-24(21)33/h5,8,10-14,16,18-19,24H,2-4,6-7,9,15,17H2,1H3,(H2,36,39)(H,38,45)(H,41,42)(H,37,40,44);1-2,14-15,17-18,21H,3-13,16H2,(H,26,32)(H,27,31,33)/b8-5+;. The lowest BCUT2D eigenvalue weighted by atomic mass is 9.91. The summed E-state index contributed by atoms with van der Waals surface area (Å²) < 4.78 is 39.0. The summed E-state index contributed by atoms with van der Waals surface area (Å²) in [6.45, 7) is 6.94. The molecule has 1 aromatic carbocycles. The van der Waals surface area contributed by atoms with Gasteiger partial charge in [-0.05, 0) is 139 Å². The van der Waals surface area contributed by atoms with Gasteiger partial charge < -0.3 is 36.3 Å². The Morgan fingerprint density at radius 3 is 2.32 bits per heavy atom. The predicted molar refractivity (Wildman–Crippen MR) is 290 cm³/mol. The molecular weight excluding hydrogens is 1010 g/mol. The highest BCUT2D eigenvalue weighted by atomic mass is 19.4. The van der Waals surface area contributed by atoms with E-state index in [9.17, 15) is 41.9 Å². The molecule has 4 saturated heterocycles. The highest BCUT2D eigenvalue weighted by Gasteiger charge is 2.32. The minimum Gasteiger partial charge on any atom is -0.383 e. The molecule has 5 amide bonds. The summed E-state index contributed by atoms with van der Waals surface area (Å²) in [5.41, 5.74) is 9.61. The van der Waals surface area contributed by atoms with E-state index in [0.717, 1.165) is 139 Å². The molecule has 0 bridgehead atoms. The zero-order valence-corrected chi connectivity index (χ0v) is 43.8. The van der Waals surface area contributed by atoms with Crippen LogP contribution in [0.15, 0.2) is 73.2 Å². The number of H-pyrrole nitrogens is 1. The molecule has 4 aliphatic rings. The molecule has 22 heteroatoms. The number of nitrogen functional groups attached to an aromatic ring is 1. The van der Waals surface area contributed by atoms with Gasteiger partial charge in [0.25, 0.3) is 11.8 Å². The molecule has 0 aliphatic carbocycles. The van der Waals surface area contributed by atoms with Gasteiger partial charge in [-0.25, -0.2) is 15.0 Å². The number of amides is 5. The lowest BCUT2D eigenvalue weighted by Gasteiger charge is -2.38. The first-order chi connectivity index (χ1) is 37.6. The van der Waals surface area contributed by atoms with Gasteiger partial charge in [0.15, 0.2) is 0 Å². The number of imide groups is 1. The van der Waals surface area contributed by atoms with Crippen LogP contribution in [-0.2, 0) is 25.4 Å². The van der Waals surface area contributed by atoms with Gasteiger partial charge in [-0.1, -0.05) is 30.7 Å². The Hall–Kier alpha value is -7.59. The number of likely N-dealkylation sites (tertiary alicyclic amines) is 2. The van der Waals surface area contributed by atoms with Gasteiger partial charge >= 0.3 is 6.18 Å². The molecule has 0 spiro atoms. The van der Waals surface area contributed by atoms with E-state index in [4.69, 9.17) is 5.73 Å². The predicted octanol–water partition coefficient (Wildman–Crippen LogP) is 6.79. The van der Waals surface area contributed by atoms with E-state index in [1.54, 1.807) is 42.7 Å². The summed E-state index contributed by atoms with van der Waals surface area (Å²) in [4.78, 5) is 90.6. The van der Waals surface area contributed by atoms with Crippen LogP contribution in [0.25, 0.3) is 28.2 Å². The number of likely N-dealkylation sites (N-methyl/N-ethyl adjacent to an activating group) is 1. The molecule has 4 aliphatic heterocycles. The average molecular weight is 1080 g/mol. The number of carbonyl (C=O) groups excluding carboxylic acids is 6. The first-order valence-electron chi connectivity index (χ1n) is 26.9. The lowest BCUT2D eigenvalue weighted by Crippen LogP contribution is -2.52. The number of benzene rings is 1. The summed E-state index contributed by atoms with van der Waals surface area (Å²) in [7, 11) is 1.99. The highest BCUT2D eigenvalue weighted by Crippen LogP contribution is 2.33. The van der Waals surface area contributed by atoms with Gasteiger partial charge in [-0.2, -0.15) is 18.3 Å². The number of nitrogens with zero attached hydrogens (tertiary/aromatic N) is 7. The summed E-state index contributed by atoms with van der Waals surface area (Å²) in [5, 5.41) is 18.5. The molecule has 19 nitrogen and oxygen atoms in total. The fourth-order valence-electron chi connectivity index (χ4n) is 10.4. The van der Waals surface area contributed by atoms with Crippen LogP contribution in [0, 0.1) is 11.8 Å². The first-order valence-corrected chi connectivity index (χ1v) is 26.9. The summed E-state index contributed by atoms with van der Waals surface area (Å²) in [6.07, 6.45) is 16.5. The van der Waals surface area contributed by atoms with Gasteiger partial charge in [-0.3, -0.25) is 39.3 Å². The van der Waals surface area contributed by atoms with Gasteiger partial charge in [0.05, 0.1) is 34.6 Å². The van der Waals surface area contributed by atoms with E-state index in [1.807, 2.05) is 19.2 Å². The van der Waals surface area contributed by atoms with E-state index in [-0.39, 0.29) is 41.4 Å². The Kier molecular flexibility index (Phi) is 19.3. The topological polar surface area (TPSA) is 254 Å². The molecule has 78 heavy (non-hydrogen) atoms.